The van der Waals surface area contributed by atoms with E-state index in [4.69, 9.17) is 13.9 Å². The Kier molecular flexibility index (Phi) is 4.90. The van der Waals surface area contributed by atoms with E-state index in [2.05, 4.69) is 15.9 Å². The highest BCUT2D eigenvalue weighted by atomic mass is 79.9. The molecule has 0 aliphatic rings. The van der Waals surface area contributed by atoms with Gasteiger partial charge in [-0.3, -0.25) is 9.59 Å². The summed E-state index contributed by atoms with van der Waals surface area (Å²) in [5.74, 6) is 0.864. The second-order valence-corrected chi connectivity index (χ2v) is 6.20. The molecule has 0 N–H and O–H groups in total. The molecule has 0 radical (unpaired) electrons. The van der Waals surface area contributed by atoms with Gasteiger partial charge in [0.2, 0.25) is 5.75 Å². The fraction of sp³-hybridized carbons (Fsp3) is 0.158. The third-order valence-corrected chi connectivity index (χ3v) is 4.36. The number of fused-ring (bicyclic) bond motifs is 1. The number of methoxy groups -OCH3 is 2. The first-order valence-corrected chi connectivity index (χ1v) is 8.30. The molecule has 0 spiro atoms. The first-order valence-electron chi connectivity index (χ1n) is 7.50. The quantitative estimate of drug-likeness (QED) is 0.603. The van der Waals surface area contributed by atoms with Gasteiger partial charge in [0.25, 0.3) is 0 Å². The van der Waals surface area contributed by atoms with Crippen molar-refractivity contribution < 1.29 is 18.7 Å². The zero-order valence-electron chi connectivity index (χ0n) is 13.7. The maximum atomic E-state index is 12.4. The lowest BCUT2D eigenvalue weighted by Gasteiger charge is -2.12. The number of Topliss-reactive ketones (excluding diaryl/α,β-unsaturated/α-hetero) is 1. The van der Waals surface area contributed by atoms with Crippen LogP contribution in [0.15, 0.2) is 56.1 Å². The molecule has 25 heavy (non-hydrogen) atoms. The molecule has 0 aliphatic heterocycles. The van der Waals surface area contributed by atoms with E-state index in [1.165, 1.54) is 20.3 Å². The van der Waals surface area contributed by atoms with E-state index in [-0.39, 0.29) is 29.0 Å². The molecule has 0 aliphatic carbocycles. The van der Waals surface area contributed by atoms with Gasteiger partial charge < -0.3 is 13.9 Å². The largest absolute Gasteiger partial charge is 0.492 e. The average molecular weight is 403 g/mol. The van der Waals surface area contributed by atoms with Gasteiger partial charge in [-0.1, -0.05) is 30.3 Å². The number of carbonyl (C=O) groups excluding carboxylic acids is 1. The molecule has 2 aromatic carbocycles. The summed E-state index contributed by atoms with van der Waals surface area (Å²) in [5, 5.41) is 0.348. The van der Waals surface area contributed by atoms with Crippen molar-refractivity contribution in [2.24, 2.45) is 0 Å². The minimum absolute atomic E-state index is 0.0171. The van der Waals surface area contributed by atoms with Gasteiger partial charge in [0.1, 0.15) is 5.76 Å². The van der Waals surface area contributed by atoms with Crippen molar-refractivity contribution in [3.63, 3.8) is 0 Å². The van der Waals surface area contributed by atoms with Crippen LogP contribution >= 0.6 is 15.9 Å². The van der Waals surface area contributed by atoms with Gasteiger partial charge in [0.15, 0.2) is 22.5 Å². The van der Waals surface area contributed by atoms with Gasteiger partial charge in [-0.15, -0.1) is 0 Å². The number of halogens is 1. The number of hydrogen-bond acceptors (Lipinski definition) is 5. The highest BCUT2D eigenvalue weighted by molar-refractivity contribution is 9.10. The maximum Gasteiger partial charge on any atom is 0.205 e. The van der Waals surface area contributed by atoms with Crippen molar-refractivity contribution in [1.82, 2.24) is 0 Å². The number of benzene rings is 2. The Morgan fingerprint density at radius 3 is 2.40 bits per heavy atom. The van der Waals surface area contributed by atoms with E-state index < -0.39 is 0 Å². The van der Waals surface area contributed by atoms with Gasteiger partial charge in [-0.2, -0.15) is 0 Å². The summed E-state index contributed by atoms with van der Waals surface area (Å²) in [7, 11) is 2.96. The normalized spacial score (nSPS) is 10.7. The molecule has 0 saturated carbocycles. The molecular weight excluding hydrogens is 388 g/mol. The predicted molar refractivity (Wildman–Crippen MR) is 97.8 cm³/mol. The Labute approximate surface area is 152 Å². The number of carbonyl (C=O) groups is 1. The molecule has 5 nitrogen and oxygen atoms in total. The van der Waals surface area contributed by atoms with Crippen molar-refractivity contribution in [1.29, 1.82) is 0 Å². The number of hydrogen-bond donors (Lipinski definition) is 0. The minimum atomic E-state index is -0.251. The lowest BCUT2D eigenvalue weighted by molar-refractivity contribution is 0.0987. The van der Waals surface area contributed by atoms with E-state index in [9.17, 15) is 9.59 Å². The van der Waals surface area contributed by atoms with Crippen LogP contribution in [0.5, 0.6) is 11.5 Å². The fourth-order valence-electron chi connectivity index (χ4n) is 2.61. The number of ether oxygens (including phenoxy) is 2. The Balaban J connectivity index is 2.11. The van der Waals surface area contributed by atoms with Crippen molar-refractivity contribution in [3.8, 4) is 11.5 Å². The summed E-state index contributed by atoms with van der Waals surface area (Å²) >= 11 is 3.35. The van der Waals surface area contributed by atoms with E-state index in [0.29, 0.717) is 26.9 Å². The molecule has 0 atom stereocenters. The molecule has 0 saturated heterocycles. The van der Waals surface area contributed by atoms with Gasteiger partial charge in [-0.25, -0.2) is 0 Å². The molecule has 1 aromatic heterocycles. The summed E-state index contributed by atoms with van der Waals surface area (Å²) in [5.41, 5.74) is 0.565. The number of ketones is 1. The fourth-order valence-corrected chi connectivity index (χ4v) is 3.18. The topological polar surface area (TPSA) is 65.7 Å². The van der Waals surface area contributed by atoms with Gasteiger partial charge >= 0.3 is 0 Å². The molecule has 0 bridgehead atoms. The van der Waals surface area contributed by atoms with Crippen LogP contribution in [-0.2, 0) is 6.42 Å². The zero-order valence-corrected chi connectivity index (χ0v) is 15.3. The SMILES string of the molecule is COc1c(Br)cc2c(=O)cc(CC(=O)c3ccccc3)oc2c1OC. The summed E-state index contributed by atoms with van der Waals surface area (Å²) in [4.78, 5) is 24.8. The highest BCUT2D eigenvalue weighted by Crippen LogP contribution is 2.40. The standard InChI is InChI=1S/C19H15BrO5/c1-23-18-14(20)10-13-16(22)9-12(25-17(13)19(18)24-2)8-15(21)11-6-4-3-5-7-11/h3-7,9-10H,8H2,1-2H3. The summed E-state index contributed by atoms with van der Waals surface area (Å²) in [6.45, 7) is 0. The molecule has 3 rings (SSSR count). The van der Waals surface area contributed by atoms with Crippen LogP contribution in [0, 0.1) is 0 Å². The van der Waals surface area contributed by atoms with Crippen molar-refractivity contribution in [2.75, 3.05) is 14.2 Å². The third-order valence-electron chi connectivity index (χ3n) is 3.77. The Hall–Kier alpha value is -2.60. The van der Waals surface area contributed by atoms with Gasteiger partial charge in [0.05, 0.1) is 30.5 Å². The molecular formula is C19H15BrO5. The van der Waals surface area contributed by atoms with E-state index in [1.54, 1.807) is 30.3 Å². The molecule has 0 fully saturated rings. The van der Waals surface area contributed by atoms with E-state index in [1.807, 2.05) is 6.07 Å². The molecule has 6 heteroatoms. The van der Waals surface area contributed by atoms with Crippen molar-refractivity contribution in [3.05, 3.63) is 68.5 Å². The van der Waals surface area contributed by atoms with Crippen LogP contribution in [0.2, 0.25) is 0 Å². The van der Waals surface area contributed by atoms with Crippen LogP contribution in [0.4, 0.5) is 0 Å². The van der Waals surface area contributed by atoms with Gasteiger partial charge in [0, 0.05) is 11.6 Å². The second kappa shape index (κ2) is 7.11. The summed E-state index contributed by atoms with van der Waals surface area (Å²) in [6.07, 6.45) is -0.0171. The molecule has 0 amide bonds. The van der Waals surface area contributed by atoms with Crippen molar-refractivity contribution in [2.45, 2.75) is 6.42 Å². The van der Waals surface area contributed by atoms with E-state index >= 15 is 0 Å². The van der Waals surface area contributed by atoms with Crippen LogP contribution in [-0.4, -0.2) is 20.0 Å². The van der Waals surface area contributed by atoms with Gasteiger partial charge in [-0.05, 0) is 22.0 Å². The molecule has 0 unspecified atom stereocenters. The highest BCUT2D eigenvalue weighted by Gasteiger charge is 2.19. The first kappa shape index (κ1) is 17.2. The second-order valence-electron chi connectivity index (χ2n) is 5.34. The monoisotopic (exact) mass is 402 g/mol. The van der Waals surface area contributed by atoms with Crippen molar-refractivity contribution >= 4 is 32.7 Å². The average Bonchev–Trinajstić information content (AvgIpc) is 2.62. The molecule has 1 heterocycles. The lowest BCUT2D eigenvalue weighted by Crippen LogP contribution is -2.08. The van der Waals surface area contributed by atoms with E-state index in [0.717, 1.165) is 0 Å². The smallest absolute Gasteiger partial charge is 0.205 e. The first-order chi connectivity index (χ1) is 12.0. The summed E-state index contributed by atoms with van der Waals surface area (Å²) < 4.78 is 17.1. The van der Waals surface area contributed by atoms with Crippen LogP contribution in [0.3, 0.4) is 0 Å². The maximum absolute atomic E-state index is 12.4. The Bertz CT molecular complexity index is 992. The number of rotatable bonds is 5. The van der Waals surface area contributed by atoms with Crippen LogP contribution in [0.1, 0.15) is 16.1 Å². The molecule has 128 valence electrons. The zero-order chi connectivity index (χ0) is 18.0. The predicted octanol–water partition coefficient (Wildman–Crippen LogP) is 4.00. The Morgan fingerprint density at radius 2 is 1.76 bits per heavy atom. The third kappa shape index (κ3) is 3.30. The molecule has 3 aromatic rings. The van der Waals surface area contributed by atoms with Crippen LogP contribution in [0.25, 0.3) is 11.0 Å². The minimum Gasteiger partial charge on any atom is -0.492 e. The lowest BCUT2D eigenvalue weighted by atomic mass is 10.1. The Morgan fingerprint density at radius 1 is 1.08 bits per heavy atom. The summed E-state index contributed by atoms with van der Waals surface area (Å²) in [6, 6.07) is 11.8. The van der Waals surface area contributed by atoms with Crippen LogP contribution < -0.4 is 14.9 Å².